The van der Waals surface area contributed by atoms with Gasteiger partial charge in [0.2, 0.25) is 5.91 Å². The monoisotopic (exact) mass is 396 g/mol. The van der Waals surface area contributed by atoms with Gasteiger partial charge in [-0.1, -0.05) is 48.2 Å². The van der Waals surface area contributed by atoms with Crippen molar-refractivity contribution in [2.75, 3.05) is 12.9 Å². The van der Waals surface area contributed by atoms with Gasteiger partial charge < -0.3 is 4.74 Å². The minimum Gasteiger partial charge on any atom is -0.453 e. The van der Waals surface area contributed by atoms with Crippen LogP contribution >= 0.6 is 11.8 Å². The van der Waals surface area contributed by atoms with E-state index in [0.717, 1.165) is 16.8 Å². The molecule has 8 heteroatoms. The van der Waals surface area contributed by atoms with Crippen molar-refractivity contribution in [2.24, 2.45) is 0 Å². The maximum atomic E-state index is 11.9. The summed E-state index contributed by atoms with van der Waals surface area (Å²) in [6, 6.07) is 15.8. The van der Waals surface area contributed by atoms with Crippen molar-refractivity contribution in [3.05, 3.63) is 59.7 Å². The number of rotatable bonds is 5. The van der Waals surface area contributed by atoms with Crippen molar-refractivity contribution in [2.45, 2.75) is 19.0 Å². The number of carbonyl (C=O) groups is 2. The van der Waals surface area contributed by atoms with Gasteiger partial charge in [0, 0.05) is 5.56 Å². The fourth-order valence-corrected chi connectivity index (χ4v) is 3.32. The number of methoxy groups -OCH3 is 1. The van der Waals surface area contributed by atoms with E-state index in [1.807, 2.05) is 54.0 Å². The Bertz CT molecular complexity index is 1000. The quantitative estimate of drug-likeness (QED) is 0.664. The number of nitrogens with one attached hydrogen (secondary N) is 1. The van der Waals surface area contributed by atoms with Crippen LogP contribution in [0.4, 0.5) is 4.79 Å². The number of aryl methyl sites for hydroxylation is 2. The summed E-state index contributed by atoms with van der Waals surface area (Å²) in [6.07, 6.45) is -0.786. The highest BCUT2D eigenvalue weighted by atomic mass is 32.2. The van der Waals surface area contributed by atoms with Crippen LogP contribution in [0.25, 0.3) is 17.1 Å². The van der Waals surface area contributed by atoms with Gasteiger partial charge in [-0.25, -0.2) is 4.79 Å². The summed E-state index contributed by atoms with van der Waals surface area (Å²) in [7, 11) is 1.21. The van der Waals surface area contributed by atoms with Gasteiger partial charge in [-0.2, -0.15) is 0 Å². The lowest BCUT2D eigenvalue weighted by Crippen LogP contribution is -2.31. The van der Waals surface area contributed by atoms with Crippen LogP contribution in [0.2, 0.25) is 0 Å². The molecule has 0 unspecified atom stereocenters. The van der Waals surface area contributed by atoms with E-state index in [4.69, 9.17) is 0 Å². The molecule has 0 aliphatic rings. The van der Waals surface area contributed by atoms with Crippen molar-refractivity contribution < 1.29 is 14.3 Å². The largest absolute Gasteiger partial charge is 0.453 e. The first-order valence-electron chi connectivity index (χ1n) is 8.58. The topological polar surface area (TPSA) is 86.1 Å². The summed E-state index contributed by atoms with van der Waals surface area (Å²) < 4.78 is 6.35. The molecule has 0 saturated heterocycles. The normalized spacial score (nSPS) is 10.5. The van der Waals surface area contributed by atoms with Crippen LogP contribution in [-0.4, -0.2) is 39.6 Å². The first-order valence-corrected chi connectivity index (χ1v) is 9.57. The predicted molar refractivity (Wildman–Crippen MR) is 108 cm³/mol. The molecule has 0 aliphatic carbocycles. The van der Waals surface area contributed by atoms with E-state index >= 15 is 0 Å². The number of hydrogen-bond acceptors (Lipinski definition) is 6. The molecule has 0 fully saturated rings. The Hall–Kier alpha value is -3.13. The summed E-state index contributed by atoms with van der Waals surface area (Å²) >= 11 is 1.20. The Balaban J connectivity index is 1.96. The third kappa shape index (κ3) is 4.40. The summed E-state index contributed by atoms with van der Waals surface area (Å²) in [5.41, 5.74) is 4.15. The summed E-state index contributed by atoms with van der Waals surface area (Å²) in [6.45, 7) is 4.10. The predicted octanol–water partition coefficient (Wildman–Crippen LogP) is 3.53. The van der Waals surface area contributed by atoms with E-state index in [1.165, 1.54) is 24.4 Å². The molecule has 2 amide bonds. The van der Waals surface area contributed by atoms with Gasteiger partial charge in [-0.05, 0) is 37.1 Å². The molecule has 0 bridgehead atoms. The van der Waals surface area contributed by atoms with Crippen LogP contribution < -0.4 is 5.32 Å². The number of imide groups is 1. The Morgan fingerprint density at radius 1 is 1.07 bits per heavy atom. The van der Waals surface area contributed by atoms with E-state index in [2.05, 4.69) is 33.2 Å². The van der Waals surface area contributed by atoms with Crippen LogP contribution in [0.15, 0.2) is 53.7 Å². The number of ether oxygens (including phenoxy) is 1. The molecule has 0 radical (unpaired) electrons. The zero-order valence-corrected chi connectivity index (χ0v) is 16.6. The van der Waals surface area contributed by atoms with E-state index in [-0.39, 0.29) is 5.75 Å². The number of carbonyl (C=O) groups excluding carboxylic acids is 2. The van der Waals surface area contributed by atoms with Gasteiger partial charge in [-0.3, -0.25) is 14.7 Å². The average Bonchev–Trinajstić information content (AvgIpc) is 3.13. The van der Waals surface area contributed by atoms with Crippen LogP contribution in [0, 0.1) is 13.8 Å². The molecule has 144 valence electrons. The molecule has 1 aromatic heterocycles. The Kier molecular flexibility index (Phi) is 6.10. The zero-order chi connectivity index (χ0) is 20.1. The zero-order valence-electron chi connectivity index (χ0n) is 15.8. The molecule has 1 heterocycles. The van der Waals surface area contributed by atoms with Crippen LogP contribution in [0.3, 0.4) is 0 Å². The minimum absolute atomic E-state index is 0.00681. The van der Waals surface area contributed by atoms with Gasteiger partial charge in [0.15, 0.2) is 11.0 Å². The number of hydrogen-bond donors (Lipinski definition) is 1. The highest BCUT2D eigenvalue weighted by molar-refractivity contribution is 7.99. The highest BCUT2D eigenvalue weighted by Crippen LogP contribution is 2.28. The SMILES string of the molecule is COC(=O)NC(=O)CSc1nnc(-c2ccccc2)n1-c1ccc(C)c(C)c1. The van der Waals surface area contributed by atoms with Gasteiger partial charge in [0.05, 0.1) is 18.6 Å². The van der Waals surface area contributed by atoms with Crippen LogP contribution in [0.5, 0.6) is 0 Å². The minimum atomic E-state index is -0.786. The first kappa shape index (κ1) is 19.6. The molecular weight excluding hydrogens is 376 g/mol. The summed E-state index contributed by atoms with van der Waals surface area (Å²) in [4.78, 5) is 23.1. The number of nitrogens with zero attached hydrogens (tertiary/aromatic N) is 3. The van der Waals surface area contributed by atoms with Gasteiger partial charge >= 0.3 is 6.09 Å². The molecule has 3 rings (SSSR count). The number of aromatic nitrogens is 3. The summed E-state index contributed by atoms with van der Waals surface area (Å²) in [5, 5.41) is 11.3. The molecular formula is C20H20N4O3S. The molecule has 0 spiro atoms. The maximum Gasteiger partial charge on any atom is 0.413 e. The average molecular weight is 396 g/mol. The van der Waals surface area contributed by atoms with Gasteiger partial charge in [0.1, 0.15) is 0 Å². The lowest BCUT2D eigenvalue weighted by atomic mass is 10.1. The van der Waals surface area contributed by atoms with Crippen molar-refractivity contribution in [3.63, 3.8) is 0 Å². The smallest absolute Gasteiger partial charge is 0.413 e. The number of benzene rings is 2. The Labute approximate surface area is 167 Å². The highest BCUT2D eigenvalue weighted by Gasteiger charge is 2.18. The molecule has 3 aromatic rings. The second-order valence-electron chi connectivity index (χ2n) is 6.10. The van der Waals surface area contributed by atoms with Crippen molar-refractivity contribution in [1.82, 2.24) is 20.1 Å². The second kappa shape index (κ2) is 8.71. The number of amides is 2. The van der Waals surface area contributed by atoms with E-state index in [1.54, 1.807) is 0 Å². The van der Waals surface area contributed by atoms with Crippen molar-refractivity contribution >= 4 is 23.8 Å². The fraction of sp³-hybridized carbons (Fsp3) is 0.200. The van der Waals surface area contributed by atoms with Gasteiger partial charge in [-0.15, -0.1) is 10.2 Å². The van der Waals surface area contributed by atoms with Gasteiger partial charge in [0.25, 0.3) is 0 Å². The van der Waals surface area contributed by atoms with Crippen molar-refractivity contribution in [3.8, 4) is 17.1 Å². The van der Waals surface area contributed by atoms with Crippen LogP contribution in [-0.2, 0) is 9.53 Å². The number of alkyl carbamates (subject to hydrolysis) is 1. The van der Waals surface area contributed by atoms with Crippen molar-refractivity contribution in [1.29, 1.82) is 0 Å². The van der Waals surface area contributed by atoms with Crippen LogP contribution in [0.1, 0.15) is 11.1 Å². The molecule has 0 aliphatic heterocycles. The molecule has 28 heavy (non-hydrogen) atoms. The molecule has 7 nitrogen and oxygen atoms in total. The standard InChI is InChI=1S/C20H20N4O3S/c1-13-9-10-16(11-14(13)2)24-18(15-7-5-4-6-8-15)22-23-19(24)28-12-17(25)21-20(26)27-3/h4-11H,12H2,1-3H3,(H,21,25,26). The van der Waals surface area contributed by atoms with E-state index in [0.29, 0.717) is 11.0 Å². The third-order valence-corrected chi connectivity index (χ3v) is 5.10. The van der Waals surface area contributed by atoms with E-state index in [9.17, 15) is 9.59 Å². The lowest BCUT2D eigenvalue weighted by Gasteiger charge is -2.12. The summed E-state index contributed by atoms with van der Waals surface area (Å²) in [5.74, 6) is 0.222. The molecule has 2 aromatic carbocycles. The lowest BCUT2D eigenvalue weighted by molar-refractivity contribution is -0.117. The number of thioether (sulfide) groups is 1. The molecule has 0 saturated carbocycles. The third-order valence-electron chi connectivity index (χ3n) is 4.17. The first-order chi connectivity index (χ1) is 13.5. The van der Waals surface area contributed by atoms with E-state index < -0.39 is 12.0 Å². The Morgan fingerprint density at radius 2 is 1.82 bits per heavy atom. The second-order valence-corrected chi connectivity index (χ2v) is 7.05. The molecule has 0 atom stereocenters. The maximum absolute atomic E-state index is 11.9. The fourth-order valence-electron chi connectivity index (χ4n) is 2.57. The molecule has 1 N–H and O–H groups in total. The Morgan fingerprint density at radius 3 is 2.50 bits per heavy atom.